The highest BCUT2D eigenvalue weighted by atomic mass is 32.2. The summed E-state index contributed by atoms with van der Waals surface area (Å²) in [5, 5.41) is 11.5. The van der Waals surface area contributed by atoms with Gasteiger partial charge < -0.3 is 10.4 Å². The van der Waals surface area contributed by atoms with Crippen LogP contribution in [0.3, 0.4) is 0 Å². The van der Waals surface area contributed by atoms with Gasteiger partial charge in [-0.1, -0.05) is 0 Å². The van der Waals surface area contributed by atoms with Gasteiger partial charge in [0.05, 0.1) is 11.3 Å². The molecule has 0 unspecified atom stereocenters. The lowest BCUT2D eigenvalue weighted by Crippen LogP contribution is -2.15. The number of amides is 1. The van der Waals surface area contributed by atoms with E-state index in [2.05, 4.69) is 5.32 Å². The number of anilines is 1. The Morgan fingerprint density at radius 1 is 1.14 bits per heavy atom. The molecule has 0 saturated heterocycles. The van der Waals surface area contributed by atoms with Gasteiger partial charge in [-0.3, -0.25) is 4.79 Å². The lowest BCUT2D eigenvalue weighted by atomic mass is 10.1. The normalized spacial score (nSPS) is 10.2. The zero-order valence-corrected chi connectivity index (χ0v) is 11.9. The minimum absolute atomic E-state index is 0.0681. The fraction of sp³-hybridized carbons (Fsp3) is 0.0667. The maximum atomic E-state index is 13.2. The first-order valence-electron chi connectivity index (χ1n) is 5.99. The topological polar surface area (TPSA) is 66.4 Å². The number of hydrogen-bond acceptors (Lipinski definition) is 3. The zero-order valence-electron chi connectivity index (χ0n) is 11.1. The molecule has 0 radical (unpaired) electrons. The van der Waals surface area contributed by atoms with E-state index < -0.39 is 17.7 Å². The minimum atomic E-state index is -1.23. The van der Waals surface area contributed by atoms with Gasteiger partial charge in [0.25, 0.3) is 5.91 Å². The zero-order chi connectivity index (χ0) is 15.4. The van der Waals surface area contributed by atoms with Gasteiger partial charge in [-0.25, -0.2) is 9.18 Å². The average molecular weight is 305 g/mol. The Hall–Kier alpha value is -2.34. The lowest BCUT2D eigenvalue weighted by Gasteiger charge is -2.09. The third-order valence-electron chi connectivity index (χ3n) is 2.81. The van der Waals surface area contributed by atoms with Crippen LogP contribution in [0.4, 0.5) is 10.1 Å². The molecule has 21 heavy (non-hydrogen) atoms. The molecule has 2 rings (SSSR count). The highest BCUT2D eigenvalue weighted by Crippen LogP contribution is 2.19. The molecule has 0 aliphatic heterocycles. The second-order valence-electron chi connectivity index (χ2n) is 4.18. The molecule has 108 valence electrons. The fourth-order valence-corrected chi connectivity index (χ4v) is 2.15. The summed E-state index contributed by atoms with van der Waals surface area (Å²) in [6.45, 7) is 0. The van der Waals surface area contributed by atoms with Crippen LogP contribution in [-0.2, 0) is 0 Å². The van der Waals surface area contributed by atoms with Gasteiger partial charge in [0.1, 0.15) is 5.82 Å². The summed E-state index contributed by atoms with van der Waals surface area (Å²) in [5.41, 5.74) is 0.139. The number of rotatable bonds is 4. The highest BCUT2D eigenvalue weighted by molar-refractivity contribution is 7.98. The van der Waals surface area contributed by atoms with Crippen molar-refractivity contribution in [3.05, 3.63) is 59.4 Å². The molecule has 0 fully saturated rings. The third-order valence-corrected chi connectivity index (χ3v) is 3.56. The molecule has 0 atom stereocenters. The van der Waals surface area contributed by atoms with Crippen molar-refractivity contribution in [1.29, 1.82) is 0 Å². The van der Waals surface area contributed by atoms with Gasteiger partial charge >= 0.3 is 5.97 Å². The predicted molar refractivity (Wildman–Crippen MR) is 79.5 cm³/mol. The Labute approximate surface area is 125 Å². The molecular formula is C15H12FNO3S. The van der Waals surface area contributed by atoms with Crippen molar-refractivity contribution in [1.82, 2.24) is 0 Å². The van der Waals surface area contributed by atoms with E-state index in [1.165, 1.54) is 0 Å². The van der Waals surface area contributed by atoms with E-state index in [1.807, 2.05) is 6.26 Å². The highest BCUT2D eigenvalue weighted by Gasteiger charge is 2.14. The Morgan fingerprint density at radius 3 is 2.38 bits per heavy atom. The number of halogens is 1. The monoisotopic (exact) mass is 305 g/mol. The van der Waals surface area contributed by atoms with Crippen LogP contribution in [0.15, 0.2) is 47.4 Å². The summed E-state index contributed by atoms with van der Waals surface area (Å²) < 4.78 is 13.2. The van der Waals surface area contributed by atoms with Gasteiger partial charge in [0.2, 0.25) is 0 Å². The van der Waals surface area contributed by atoms with E-state index >= 15 is 0 Å². The molecule has 0 saturated carbocycles. The molecule has 4 nitrogen and oxygen atoms in total. The maximum Gasteiger partial charge on any atom is 0.337 e. The van der Waals surface area contributed by atoms with E-state index in [4.69, 9.17) is 5.11 Å². The fourth-order valence-electron chi connectivity index (χ4n) is 1.74. The van der Waals surface area contributed by atoms with Crippen LogP contribution in [0.1, 0.15) is 20.7 Å². The molecule has 0 heterocycles. The summed E-state index contributed by atoms with van der Waals surface area (Å²) in [5.74, 6) is -2.34. The van der Waals surface area contributed by atoms with E-state index in [0.717, 1.165) is 23.1 Å². The smallest absolute Gasteiger partial charge is 0.337 e. The second kappa shape index (κ2) is 6.41. The maximum absolute atomic E-state index is 13.2. The number of benzene rings is 2. The molecule has 0 aromatic heterocycles. The number of carboxylic acids is 1. The minimum Gasteiger partial charge on any atom is -0.478 e. The molecule has 0 aliphatic carbocycles. The van der Waals surface area contributed by atoms with Crippen LogP contribution < -0.4 is 5.32 Å². The van der Waals surface area contributed by atoms with Crippen LogP contribution in [0.2, 0.25) is 0 Å². The first kappa shape index (κ1) is 15.1. The van der Waals surface area contributed by atoms with Crippen molar-refractivity contribution < 1.29 is 19.1 Å². The van der Waals surface area contributed by atoms with Gasteiger partial charge in [-0.05, 0) is 48.7 Å². The van der Waals surface area contributed by atoms with E-state index in [1.54, 1.807) is 36.0 Å². The van der Waals surface area contributed by atoms with Crippen molar-refractivity contribution in [3.8, 4) is 0 Å². The Bertz CT molecular complexity index is 686. The first-order valence-corrected chi connectivity index (χ1v) is 7.22. The molecule has 2 aromatic carbocycles. The van der Waals surface area contributed by atoms with Gasteiger partial charge in [-0.2, -0.15) is 0 Å². The largest absolute Gasteiger partial charge is 0.478 e. The number of thioether (sulfide) groups is 1. The number of carbonyl (C=O) groups excluding carboxylic acids is 1. The molecule has 1 amide bonds. The Morgan fingerprint density at radius 2 is 1.81 bits per heavy atom. The summed E-state index contributed by atoms with van der Waals surface area (Å²) >= 11 is 1.54. The van der Waals surface area contributed by atoms with Gasteiger partial charge in [0, 0.05) is 10.5 Å². The number of hydrogen-bond donors (Lipinski definition) is 2. The molecule has 0 bridgehead atoms. The lowest BCUT2D eigenvalue weighted by molar-refractivity contribution is 0.0698. The average Bonchev–Trinajstić information content (AvgIpc) is 2.47. The van der Waals surface area contributed by atoms with E-state index in [9.17, 15) is 14.0 Å². The van der Waals surface area contributed by atoms with Crippen LogP contribution >= 0.6 is 11.8 Å². The molecule has 2 N–H and O–H groups in total. The quantitative estimate of drug-likeness (QED) is 0.848. The summed E-state index contributed by atoms with van der Waals surface area (Å²) in [4.78, 5) is 24.1. The van der Waals surface area contributed by atoms with Crippen molar-refractivity contribution >= 4 is 29.3 Å². The summed E-state index contributed by atoms with van der Waals surface area (Å²) in [6.07, 6.45) is 1.92. The number of aromatic carboxylic acids is 1. The van der Waals surface area contributed by atoms with Crippen LogP contribution in [-0.4, -0.2) is 23.2 Å². The van der Waals surface area contributed by atoms with E-state index in [-0.39, 0.29) is 11.3 Å². The molecular weight excluding hydrogens is 293 g/mol. The van der Waals surface area contributed by atoms with Crippen LogP contribution in [0.25, 0.3) is 0 Å². The van der Waals surface area contributed by atoms with Crippen molar-refractivity contribution in [3.63, 3.8) is 0 Å². The second-order valence-corrected chi connectivity index (χ2v) is 5.06. The number of nitrogens with one attached hydrogen (secondary N) is 1. The van der Waals surface area contributed by atoms with Gasteiger partial charge in [0.15, 0.2) is 0 Å². The predicted octanol–water partition coefficient (Wildman–Crippen LogP) is 3.50. The number of carbonyl (C=O) groups is 2. The van der Waals surface area contributed by atoms with Crippen molar-refractivity contribution in [2.45, 2.75) is 4.90 Å². The molecule has 2 aromatic rings. The molecule has 0 aliphatic rings. The summed E-state index contributed by atoms with van der Waals surface area (Å²) in [7, 11) is 0. The van der Waals surface area contributed by atoms with E-state index in [0.29, 0.717) is 5.56 Å². The number of carboxylic acid groups (broad SMARTS) is 1. The standard InChI is InChI=1S/C15H12FNO3S/c1-21-11-5-2-9(3-6-11)14(18)17-13-8-10(16)4-7-12(13)15(19)20/h2-8H,1H3,(H,17,18)(H,19,20). The SMILES string of the molecule is CSc1ccc(C(=O)Nc2cc(F)ccc2C(=O)O)cc1. The third kappa shape index (κ3) is 3.61. The van der Waals surface area contributed by atoms with Crippen LogP contribution in [0.5, 0.6) is 0 Å². The van der Waals surface area contributed by atoms with Crippen molar-refractivity contribution in [2.75, 3.05) is 11.6 Å². The Balaban J connectivity index is 2.26. The molecule has 0 spiro atoms. The Kier molecular flexibility index (Phi) is 4.59. The first-order chi connectivity index (χ1) is 10.0. The van der Waals surface area contributed by atoms with Gasteiger partial charge in [-0.15, -0.1) is 11.8 Å². The van der Waals surface area contributed by atoms with Crippen LogP contribution in [0, 0.1) is 5.82 Å². The van der Waals surface area contributed by atoms with Crippen molar-refractivity contribution in [2.24, 2.45) is 0 Å². The summed E-state index contributed by atoms with van der Waals surface area (Å²) in [6, 6.07) is 9.95. The molecule has 6 heteroatoms.